The summed E-state index contributed by atoms with van der Waals surface area (Å²) in [6, 6.07) is 0. The molecule has 0 fully saturated rings. The van der Waals surface area contributed by atoms with Gasteiger partial charge in [-0.25, -0.2) is 0 Å². The number of unbranched alkanes of at least 4 members (excludes halogenated alkanes) is 3. The Labute approximate surface area is 131 Å². The van der Waals surface area contributed by atoms with Gasteiger partial charge in [-0.15, -0.1) is 7.92 Å². The summed E-state index contributed by atoms with van der Waals surface area (Å²) in [6.45, 7) is 17.1. The number of hydrogen-bond donors (Lipinski definition) is 0. The van der Waals surface area contributed by atoms with Gasteiger partial charge in [-0.05, 0) is 57.4 Å². The van der Waals surface area contributed by atoms with E-state index >= 15 is 0 Å². The van der Waals surface area contributed by atoms with Crippen LogP contribution in [0.3, 0.4) is 0 Å². The SMILES string of the molecule is CCCCP(CCCC)CCCC.CCN(CC)CC. The lowest BCUT2D eigenvalue weighted by Crippen LogP contribution is -2.21. The van der Waals surface area contributed by atoms with Crippen LogP contribution in [-0.2, 0) is 0 Å². The molecule has 0 spiro atoms. The highest BCUT2D eigenvalue weighted by Gasteiger charge is 2.05. The van der Waals surface area contributed by atoms with Crippen LogP contribution in [-0.4, -0.2) is 43.0 Å². The van der Waals surface area contributed by atoms with Gasteiger partial charge >= 0.3 is 0 Å². The maximum absolute atomic E-state index is 2.38. The van der Waals surface area contributed by atoms with Crippen LogP contribution in [0.5, 0.6) is 0 Å². The molecule has 124 valence electrons. The monoisotopic (exact) mass is 303 g/mol. The lowest BCUT2D eigenvalue weighted by Gasteiger charge is -2.16. The van der Waals surface area contributed by atoms with Gasteiger partial charge in [0.2, 0.25) is 0 Å². The Morgan fingerprint density at radius 3 is 1.00 bits per heavy atom. The van der Waals surface area contributed by atoms with E-state index in [1.165, 1.54) is 58.2 Å². The van der Waals surface area contributed by atoms with Gasteiger partial charge in [0.1, 0.15) is 0 Å². The Bertz CT molecular complexity index is 133. The summed E-state index contributed by atoms with van der Waals surface area (Å²) in [6.07, 6.45) is 13.2. The second-order valence-electron chi connectivity index (χ2n) is 5.52. The summed E-state index contributed by atoms with van der Waals surface area (Å²) in [5.41, 5.74) is 0. The van der Waals surface area contributed by atoms with Crippen LogP contribution in [0.4, 0.5) is 0 Å². The summed E-state index contributed by atoms with van der Waals surface area (Å²) in [5, 5.41) is 0. The van der Waals surface area contributed by atoms with Crippen molar-refractivity contribution in [3.63, 3.8) is 0 Å². The van der Waals surface area contributed by atoms with E-state index in [2.05, 4.69) is 46.4 Å². The van der Waals surface area contributed by atoms with Crippen molar-refractivity contribution in [2.75, 3.05) is 38.1 Å². The van der Waals surface area contributed by atoms with Crippen molar-refractivity contribution in [2.45, 2.75) is 80.1 Å². The van der Waals surface area contributed by atoms with E-state index in [4.69, 9.17) is 0 Å². The first-order valence-electron chi connectivity index (χ1n) is 9.14. The van der Waals surface area contributed by atoms with Crippen molar-refractivity contribution >= 4 is 7.92 Å². The zero-order valence-corrected chi connectivity index (χ0v) is 16.3. The topological polar surface area (TPSA) is 3.24 Å². The molecule has 0 atom stereocenters. The fourth-order valence-electron chi connectivity index (χ4n) is 2.15. The molecule has 0 unspecified atom stereocenters. The minimum Gasteiger partial charge on any atom is -0.304 e. The number of hydrogen-bond acceptors (Lipinski definition) is 1. The molecule has 0 aliphatic carbocycles. The molecule has 20 heavy (non-hydrogen) atoms. The smallest absolute Gasteiger partial charge is 0.00474 e. The van der Waals surface area contributed by atoms with Gasteiger partial charge in [-0.3, -0.25) is 0 Å². The molecule has 1 nitrogen and oxygen atoms in total. The average molecular weight is 304 g/mol. The Balaban J connectivity index is 0. The van der Waals surface area contributed by atoms with Crippen molar-refractivity contribution in [1.82, 2.24) is 4.90 Å². The van der Waals surface area contributed by atoms with E-state index in [-0.39, 0.29) is 0 Å². The fourth-order valence-corrected chi connectivity index (χ4v) is 5.11. The van der Waals surface area contributed by atoms with Crippen molar-refractivity contribution in [1.29, 1.82) is 0 Å². The van der Waals surface area contributed by atoms with Crippen molar-refractivity contribution < 1.29 is 0 Å². The normalized spacial score (nSPS) is 10.8. The maximum Gasteiger partial charge on any atom is -0.00474 e. The molecular weight excluding hydrogens is 261 g/mol. The highest BCUT2D eigenvalue weighted by atomic mass is 31.1. The molecule has 0 aromatic rings. The van der Waals surface area contributed by atoms with E-state index in [1.807, 2.05) is 0 Å². The minimum absolute atomic E-state index is 0.422. The molecule has 0 aliphatic rings. The van der Waals surface area contributed by atoms with Gasteiger partial charge in [0, 0.05) is 0 Å². The maximum atomic E-state index is 2.38. The predicted octanol–water partition coefficient (Wildman–Crippen LogP) is 6.22. The summed E-state index contributed by atoms with van der Waals surface area (Å²) < 4.78 is 0. The van der Waals surface area contributed by atoms with Gasteiger partial charge < -0.3 is 4.90 Å². The molecule has 0 saturated carbocycles. The molecule has 0 radical (unpaired) electrons. The Morgan fingerprint density at radius 1 is 0.550 bits per heavy atom. The molecule has 0 rings (SSSR count). The second-order valence-corrected chi connectivity index (χ2v) is 8.21. The van der Waals surface area contributed by atoms with E-state index in [1.54, 1.807) is 18.5 Å². The van der Waals surface area contributed by atoms with E-state index in [9.17, 15) is 0 Å². The molecule has 0 saturated heterocycles. The summed E-state index contributed by atoms with van der Waals surface area (Å²) in [4.78, 5) is 2.38. The Morgan fingerprint density at radius 2 is 0.850 bits per heavy atom. The minimum atomic E-state index is 0.422. The van der Waals surface area contributed by atoms with Crippen molar-refractivity contribution in [3.8, 4) is 0 Å². The molecule has 0 aromatic heterocycles. The summed E-state index contributed by atoms with van der Waals surface area (Å²) in [5.74, 6) is 0. The van der Waals surface area contributed by atoms with Crippen LogP contribution in [0.15, 0.2) is 0 Å². The van der Waals surface area contributed by atoms with Gasteiger partial charge in [0.25, 0.3) is 0 Å². The summed E-state index contributed by atoms with van der Waals surface area (Å²) in [7, 11) is 0.422. The predicted molar refractivity (Wildman–Crippen MR) is 99.7 cm³/mol. The first-order chi connectivity index (χ1) is 9.69. The van der Waals surface area contributed by atoms with Gasteiger partial charge in [0.15, 0.2) is 0 Å². The highest BCUT2D eigenvalue weighted by molar-refractivity contribution is 7.57. The van der Waals surface area contributed by atoms with Crippen LogP contribution in [0.2, 0.25) is 0 Å². The second kappa shape index (κ2) is 19.4. The average Bonchev–Trinajstić information content (AvgIpc) is 2.49. The largest absolute Gasteiger partial charge is 0.304 e. The summed E-state index contributed by atoms with van der Waals surface area (Å²) >= 11 is 0. The van der Waals surface area contributed by atoms with Crippen LogP contribution >= 0.6 is 7.92 Å². The van der Waals surface area contributed by atoms with Crippen molar-refractivity contribution in [3.05, 3.63) is 0 Å². The third-order valence-electron chi connectivity index (χ3n) is 3.83. The van der Waals surface area contributed by atoms with Gasteiger partial charge in [-0.1, -0.05) is 60.8 Å². The molecular formula is C18H42NP. The highest BCUT2D eigenvalue weighted by Crippen LogP contribution is 2.38. The molecule has 0 N–H and O–H groups in total. The van der Waals surface area contributed by atoms with E-state index < -0.39 is 0 Å². The Hall–Kier alpha value is 0.390. The zero-order chi connectivity index (χ0) is 15.6. The molecule has 2 heteroatoms. The first-order valence-corrected chi connectivity index (χ1v) is 11.0. The quantitative estimate of drug-likeness (QED) is 0.387. The third-order valence-corrected chi connectivity index (χ3v) is 6.67. The molecule has 0 aromatic carbocycles. The lowest BCUT2D eigenvalue weighted by molar-refractivity contribution is 0.321. The van der Waals surface area contributed by atoms with Crippen LogP contribution in [0, 0.1) is 0 Å². The van der Waals surface area contributed by atoms with Gasteiger partial charge in [-0.2, -0.15) is 0 Å². The van der Waals surface area contributed by atoms with Gasteiger partial charge in [0.05, 0.1) is 0 Å². The first kappa shape index (κ1) is 22.7. The molecule has 0 aliphatic heterocycles. The van der Waals surface area contributed by atoms with Crippen LogP contribution in [0.25, 0.3) is 0 Å². The molecule has 0 amide bonds. The van der Waals surface area contributed by atoms with Crippen LogP contribution in [0.1, 0.15) is 80.1 Å². The lowest BCUT2D eigenvalue weighted by atomic mass is 10.4. The molecule has 0 heterocycles. The third kappa shape index (κ3) is 16.4. The zero-order valence-electron chi connectivity index (χ0n) is 15.4. The Kier molecular flexibility index (Phi) is 22.0. The van der Waals surface area contributed by atoms with Crippen LogP contribution < -0.4 is 0 Å². The van der Waals surface area contributed by atoms with E-state index in [0.717, 1.165) is 0 Å². The number of rotatable bonds is 12. The van der Waals surface area contributed by atoms with Crippen molar-refractivity contribution in [2.24, 2.45) is 0 Å². The fraction of sp³-hybridized carbons (Fsp3) is 1.00. The standard InChI is InChI=1S/C12H27P.C6H15N/c1-4-7-10-13(11-8-5-2)12-9-6-3;1-4-7(5-2)6-3/h4-12H2,1-3H3;4-6H2,1-3H3. The van der Waals surface area contributed by atoms with E-state index in [0.29, 0.717) is 7.92 Å². The number of nitrogens with zero attached hydrogens (tertiary/aromatic N) is 1. The molecule has 0 bridgehead atoms.